The van der Waals surface area contributed by atoms with Gasteiger partial charge in [0.25, 0.3) is 5.91 Å². The third kappa shape index (κ3) is 4.56. The maximum absolute atomic E-state index is 12.1. The summed E-state index contributed by atoms with van der Waals surface area (Å²) in [5.41, 5.74) is 2.84. The Kier molecular flexibility index (Phi) is 6.37. The van der Waals surface area contributed by atoms with Gasteiger partial charge in [-0.15, -0.1) is 0 Å². The highest BCUT2D eigenvalue weighted by Gasteiger charge is 2.12. The summed E-state index contributed by atoms with van der Waals surface area (Å²) < 4.78 is 7.05. The fourth-order valence-corrected chi connectivity index (χ4v) is 2.12. The molecule has 0 aliphatic rings. The van der Waals surface area contributed by atoms with Gasteiger partial charge in [0.2, 0.25) is 6.54 Å². The van der Waals surface area contributed by atoms with E-state index in [1.165, 1.54) is 0 Å². The number of hydrogen-bond acceptors (Lipinski definition) is 2. The standard InChI is InChI=1S/C16H18N2O2.BrH/c1-12-9-14(20-3)10-13(2)16(12)17-15(19)11-18-7-5-4-6-8-18;/h4-10H,11H2,1-3H3;1H. The van der Waals surface area contributed by atoms with Gasteiger partial charge in [0.15, 0.2) is 12.4 Å². The summed E-state index contributed by atoms with van der Waals surface area (Å²) in [6.45, 7) is 4.22. The molecule has 2 rings (SSSR count). The van der Waals surface area contributed by atoms with Crippen LogP contribution in [0.2, 0.25) is 0 Å². The Labute approximate surface area is 135 Å². The predicted molar refractivity (Wildman–Crippen MR) is 77.7 cm³/mol. The van der Waals surface area contributed by atoms with E-state index in [1.807, 2.05) is 61.1 Å². The molecule has 21 heavy (non-hydrogen) atoms. The van der Waals surface area contributed by atoms with Crippen molar-refractivity contribution in [1.29, 1.82) is 0 Å². The van der Waals surface area contributed by atoms with Gasteiger partial charge < -0.3 is 27.0 Å². The average Bonchev–Trinajstić information content (AvgIpc) is 2.43. The molecule has 0 atom stereocenters. The van der Waals surface area contributed by atoms with Gasteiger partial charge in [-0.05, 0) is 37.1 Å². The smallest absolute Gasteiger partial charge is 0.290 e. The number of hydrogen-bond donors (Lipinski definition) is 1. The molecule has 0 saturated heterocycles. The van der Waals surface area contributed by atoms with Crippen LogP contribution < -0.4 is 31.6 Å². The molecule has 112 valence electrons. The van der Waals surface area contributed by atoms with E-state index < -0.39 is 0 Å². The molecule has 1 heterocycles. The van der Waals surface area contributed by atoms with Crippen LogP contribution in [0.5, 0.6) is 5.75 Å². The lowest BCUT2D eigenvalue weighted by Crippen LogP contribution is -3.00. The van der Waals surface area contributed by atoms with Crippen LogP contribution >= 0.6 is 0 Å². The number of nitrogens with one attached hydrogen (secondary N) is 1. The minimum absolute atomic E-state index is 0. The van der Waals surface area contributed by atoms with E-state index in [9.17, 15) is 4.79 Å². The zero-order chi connectivity index (χ0) is 14.5. The largest absolute Gasteiger partial charge is 1.00 e. The summed E-state index contributed by atoms with van der Waals surface area (Å²) in [7, 11) is 1.64. The maximum Gasteiger partial charge on any atom is 0.290 e. The van der Waals surface area contributed by atoms with Crippen molar-refractivity contribution >= 4 is 11.6 Å². The summed E-state index contributed by atoms with van der Waals surface area (Å²) >= 11 is 0. The number of aryl methyl sites for hydroxylation is 2. The topological polar surface area (TPSA) is 42.2 Å². The van der Waals surface area contributed by atoms with Gasteiger partial charge in [-0.2, -0.15) is 4.57 Å². The van der Waals surface area contributed by atoms with Gasteiger partial charge in [0, 0.05) is 17.8 Å². The van der Waals surface area contributed by atoms with E-state index in [0.717, 1.165) is 22.6 Å². The second-order valence-electron chi connectivity index (χ2n) is 4.73. The van der Waals surface area contributed by atoms with E-state index in [0.29, 0.717) is 6.54 Å². The molecule has 0 radical (unpaired) electrons. The second-order valence-corrected chi connectivity index (χ2v) is 4.73. The highest BCUT2D eigenvalue weighted by Crippen LogP contribution is 2.25. The molecule has 0 saturated carbocycles. The van der Waals surface area contributed by atoms with Gasteiger partial charge in [-0.25, -0.2) is 0 Å². The molecule has 0 spiro atoms. The van der Waals surface area contributed by atoms with Crippen molar-refractivity contribution < 1.29 is 31.1 Å². The lowest BCUT2D eigenvalue weighted by Gasteiger charge is -2.12. The van der Waals surface area contributed by atoms with Crippen LogP contribution in [-0.4, -0.2) is 13.0 Å². The third-order valence-corrected chi connectivity index (χ3v) is 3.11. The summed E-state index contributed by atoms with van der Waals surface area (Å²) in [5, 5.41) is 2.96. The molecule has 1 N–H and O–H groups in total. The highest BCUT2D eigenvalue weighted by molar-refractivity contribution is 5.91. The summed E-state index contributed by atoms with van der Waals surface area (Å²) in [6.07, 6.45) is 3.74. The number of halogens is 1. The molecular weight excluding hydrogens is 332 g/mol. The van der Waals surface area contributed by atoms with Gasteiger partial charge >= 0.3 is 0 Å². The zero-order valence-electron chi connectivity index (χ0n) is 12.4. The van der Waals surface area contributed by atoms with Crippen LogP contribution in [0.4, 0.5) is 5.69 Å². The van der Waals surface area contributed by atoms with Crippen molar-refractivity contribution in [3.8, 4) is 5.75 Å². The number of amides is 1. The molecular formula is C16H19BrN2O2. The molecule has 1 aromatic carbocycles. The number of pyridine rings is 1. The first-order valence-corrected chi connectivity index (χ1v) is 6.49. The van der Waals surface area contributed by atoms with E-state index in [2.05, 4.69) is 5.32 Å². The van der Waals surface area contributed by atoms with Crippen molar-refractivity contribution in [2.75, 3.05) is 12.4 Å². The number of benzene rings is 1. The van der Waals surface area contributed by atoms with Crippen LogP contribution in [0.1, 0.15) is 11.1 Å². The Morgan fingerprint density at radius 2 is 1.71 bits per heavy atom. The van der Waals surface area contributed by atoms with Crippen molar-refractivity contribution in [1.82, 2.24) is 0 Å². The number of aromatic nitrogens is 1. The minimum atomic E-state index is -0.0439. The second kappa shape index (κ2) is 7.78. The Morgan fingerprint density at radius 3 is 2.24 bits per heavy atom. The first kappa shape index (κ1) is 17.2. The zero-order valence-corrected chi connectivity index (χ0v) is 14.0. The fraction of sp³-hybridized carbons (Fsp3) is 0.250. The van der Waals surface area contributed by atoms with Crippen LogP contribution in [0, 0.1) is 13.8 Å². The monoisotopic (exact) mass is 350 g/mol. The van der Waals surface area contributed by atoms with Crippen molar-refractivity contribution in [3.63, 3.8) is 0 Å². The molecule has 0 bridgehead atoms. The van der Waals surface area contributed by atoms with Gasteiger partial charge in [-0.3, -0.25) is 4.79 Å². The number of methoxy groups -OCH3 is 1. The van der Waals surface area contributed by atoms with E-state index in [-0.39, 0.29) is 22.9 Å². The molecule has 0 aliphatic heterocycles. The fourth-order valence-electron chi connectivity index (χ4n) is 2.12. The van der Waals surface area contributed by atoms with E-state index in [4.69, 9.17) is 4.74 Å². The predicted octanol–water partition coefficient (Wildman–Crippen LogP) is -0.758. The van der Waals surface area contributed by atoms with Crippen LogP contribution in [0.25, 0.3) is 0 Å². The van der Waals surface area contributed by atoms with E-state index in [1.54, 1.807) is 7.11 Å². The normalized spacial score (nSPS) is 9.67. The molecule has 4 nitrogen and oxygen atoms in total. The molecule has 1 aromatic heterocycles. The number of carbonyl (C=O) groups excluding carboxylic acids is 1. The first-order chi connectivity index (χ1) is 9.60. The summed E-state index contributed by atoms with van der Waals surface area (Å²) in [5.74, 6) is 0.757. The van der Waals surface area contributed by atoms with Crippen LogP contribution in [0.3, 0.4) is 0 Å². The Bertz CT molecular complexity index is 592. The van der Waals surface area contributed by atoms with E-state index >= 15 is 0 Å². The Balaban J connectivity index is 0.00000220. The average molecular weight is 351 g/mol. The molecule has 2 aromatic rings. The lowest BCUT2D eigenvalue weighted by molar-refractivity contribution is -0.684. The quantitative estimate of drug-likeness (QED) is 0.737. The first-order valence-electron chi connectivity index (χ1n) is 6.49. The van der Waals surface area contributed by atoms with Crippen molar-refractivity contribution in [2.24, 2.45) is 0 Å². The number of anilines is 1. The Hall–Kier alpha value is -1.88. The molecule has 5 heteroatoms. The lowest BCUT2D eigenvalue weighted by atomic mass is 10.1. The van der Waals surface area contributed by atoms with Crippen molar-refractivity contribution in [3.05, 3.63) is 53.9 Å². The highest BCUT2D eigenvalue weighted by atomic mass is 79.9. The molecule has 1 amide bonds. The number of ether oxygens (including phenoxy) is 1. The van der Waals surface area contributed by atoms with Gasteiger partial charge in [0.1, 0.15) is 5.75 Å². The number of carbonyl (C=O) groups is 1. The SMILES string of the molecule is COc1cc(C)c(NC(=O)C[n+]2ccccc2)c(C)c1.[Br-]. The molecule has 0 fully saturated rings. The Morgan fingerprint density at radius 1 is 1.14 bits per heavy atom. The summed E-state index contributed by atoms with van der Waals surface area (Å²) in [4.78, 5) is 12.1. The number of rotatable bonds is 4. The third-order valence-electron chi connectivity index (χ3n) is 3.11. The molecule has 0 unspecified atom stereocenters. The van der Waals surface area contributed by atoms with Crippen molar-refractivity contribution in [2.45, 2.75) is 20.4 Å². The molecule has 0 aliphatic carbocycles. The maximum atomic E-state index is 12.1. The van der Waals surface area contributed by atoms with Crippen LogP contribution in [-0.2, 0) is 11.3 Å². The minimum Gasteiger partial charge on any atom is -1.00 e. The van der Waals surface area contributed by atoms with Gasteiger partial charge in [0.05, 0.1) is 7.11 Å². The van der Waals surface area contributed by atoms with Crippen LogP contribution in [0.15, 0.2) is 42.7 Å². The van der Waals surface area contributed by atoms with Gasteiger partial charge in [-0.1, -0.05) is 6.07 Å². The summed E-state index contributed by atoms with van der Waals surface area (Å²) in [6, 6.07) is 9.55. The number of nitrogens with zero attached hydrogens (tertiary/aromatic N) is 1.